The first-order chi connectivity index (χ1) is 8.72. The lowest BCUT2D eigenvalue weighted by atomic mass is 9.53. The number of amides is 1. The lowest BCUT2D eigenvalue weighted by Gasteiger charge is -2.57. The molecule has 0 aromatic heterocycles. The van der Waals surface area contributed by atoms with Gasteiger partial charge in [-0.1, -0.05) is 0 Å². The molecular formula is C16H20NO. The van der Waals surface area contributed by atoms with Crippen molar-refractivity contribution in [2.24, 2.45) is 17.8 Å². The van der Waals surface area contributed by atoms with Gasteiger partial charge in [0.25, 0.3) is 0 Å². The van der Waals surface area contributed by atoms with Crippen LogP contribution < -0.4 is 5.32 Å². The van der Waals surface area contributed by atoms with Crippen LogP contribution in [0.1, 0.15) is 38.5 Å². The van der Waals surface area contributed by atoms with Gasteiger partial charge in [-0.25, -0.2) is 0 Å². The molecule has 2 heteroatoms. The summed E-state index contributed by atoms with van der Waals surface area (Å²) >= 11 is 0. The molecule has 5 radical (unpaired) electrons. The predicted molar refractivity (Wildman–Crippen MR) is 69.5 cm³/mol. The summed E-state index contributed by atoms with van der Waals surface area (Å²) < 4.78 is 0. The summed E-state index contributed by atoms with van der Waals surface area (Å²) in [6.07, 6.45) is 15.7. The molecule has 5 fully saturated rings. The van der Waals surface area contributed by atoms with Crippen molar-refractivity contribution >= 4 is 5.91 Å². The lowest BCUT2D eigenvalue weighted by molar-refractivity contribution is -0.124. The summed E-state index contributed by atoms with van der Waals surface area (Å²) in [5.41, 5.74) is 0.142. The molecule has 5 saturated carbocycles. The Labute approximate surface area is 110 Å². The molecule has 1 amide bonds. The third kappa shape index (κ3) is 1.80. The van der Waals surface area contributed by atoms with Crippen LogP contribution in [0.5, 0.6) is 0 Å². The van der Waals surface area contributed by atoms with Gasteiger partial charge in [0.1, 0.15) is 0 Å². The van der Waals surface area contributed by atoms with Crippen molar-refractivity contribution in [2.45, 2.75) is 44.1 Å². The SMILES string of the molecule is O=C(NC12CC3CC(CC(C3)C1)C2)[C]1[CH][CH][CH][CH]1. The van der Waals surface area contributed by atoms with E-state index in [1.54, 1.807) is 0 Å². The molecular weight excluding hydrogens is 222 g/mol. The van der Waals surface area contributed by atoms with E-state index in [1.165, 1.54) is 38.5 Å². The lowest BCUT2D eigenvalue weighted by Crippen LogP contribution is -2.60. The van der Waals surface area contributed by atoms with Gasteiger partial charge < -0.3 is 5.32 Å². The van der Waals surface area contributed by atoms with E-state index >= 15 is 0 Å². The smallest absolute Gasteiger partial charge is 0.228 e. The van der Waals surface area contributed by atoms with Gasteiger partial charge in [-0.05, 0) is 82.0 Å². The van der Waals surface area contributed by atoms with Crippen LogP contribution in [0, 0.1) is 49.4 Å². The molecule has 5 rings (SSSR count). The number of nitrogens with one attached hydrogen (secondary N) is 1. The van der Waals surface area contributed by atoms with Crippen molar-refractivity contribution in [3.8, 4) is 0 Å². The maximum absolute atomic E-state index is 12.3. The van der Waals surface area contributed by atoms with Gasteiger partial charge in [0, 0.05) is 5.54 Å². The average Bonchev–Trinajstić information content (AvgIpc) is 2.79. The van der Waals surface area contributed by atoms with E-state index in [1.807, 2.05) is 25.7 Å². The number of rotatable bonds is 2. The zero-order valence-electron chi connectivity index (χ0n) is 10.7. The Kier molecular flexibility index (Phi) is 2.50. The largest absolute Gasteiger partial charge is 0.350 e. The monoisotopic (exact) mass is 242 g/mol. The van der Waals surface area contributed by atoms with Crippen LogP contribution in [0.3, 0.4) is 0 Å². The minimum atomic E-state index is 0.141. The number of carbonyl (C=O) groups excluding carboxylic acids is 1. The van der Waals surface area contributed by atoms with Crippen molar-refractivity contribution in [2.75, 3.05) is 0 Å². The maximum atomic E-state index is 12.3. The van der Waals surface area contributed by atoms with Crippen molar-refractivity contribution < 1.29 is 4.79 Å². The maximum Gasteiger partial charge on any atom is 0.228 e. The minimum absolute atomic E-state index is 0.141. The highest BCUT2D eigenvalue weighted by Crippen LogP contribution is 2.55. The molecule has 0 aromatic carbocycles. The zero-order chi connectivity index (χ0) is 12.2. The topological polar surface area (TPSA) is 29.1 Å². The van der Waals surface area contributed by atoms with Crippen LogP contribution in [-0.2, 0) is 4.79 Å². The van der Waals surface area contributed by atoms with Crippen molar-refractivity contribution in [3.05, 3.63) is 31.6 Å². The molecule has 1 N–H and O–H groups in total. The fraction of sp³-hybridized carbons (Fsp3) is 0.625. The molecule has 4 bridgehead atoms. The molecule has 0 unspecified atom stereocenters. The summed E-state index contributed by atoms with van der Waals surface area (Å²) in [6, 6.07) is 0. The van der Waals surface area contributed by atoms with E-state index in [0.717, 1.165) is 23.7 Å². The van der Waals surface area contributed by atoms with Gasteiger partial charge in [-0.3, -0.25) is 4.79 Å². The van der Waals surface area contributed by atoms with Crippen LogP contribution in [0.25, 0.3) is 0 Å². The highest BCUT2D eigenvalue weighted by Gasteiger charge is 2.51. The molecule has 2 nitrogen and oxygen atoms in total. The summed E-state index contributed by atoms with van der Waals surface area (Å²) in [6.45, 7) is 0. The summed E-state index contributed by atoms with van der Waals surface area (Å²) in [5.74, 6) is 3.62. The third-order valence-corrected chi connectivity index (χ3v) is 5.34. The Hall–Kier alpha value is -0.530. The second kappa shape index (κ2) is 3.98. The number of hydrogen-bond donors (Lipinski definition) is 1. The van der Waals surface area contributed by atoms with E-state index in [9.17, 15) is 4.79 Å². The third-order valence-electron chi connectivity index (χ3n) is 5.34. The molecule has 0 heterocycles. The first-order valence-electron chi connectivity index (χ1n) is 7.27. The first-order valence-corrected chi connectivity index (χ1v) is 7.27. The van der Waals surface area contributed by atoms with Crippen molar-refractivity contribution in [1.82, 2.24) is 5.32 Å². The normalized spacial score (nSPS) is 46.6. The highest BCUT2D eigenvalue weighted by atomic mass is 16.2. The Balaban J connectivity index is 1.48. The minimum Gasteiger partial charge on any atom is -0.350 e. The molecule has 0 spiro atoms. The van der Waals surface area contributed by atoms with Crippen LogP contribution in [0.4, 0.5) is 0 Å². The fourth-order valence-electron chi connectivity index (χ4n) is 5.10. The summed E-state index contributed by atoms with van der Waals surface area (Å²) in [4.78, 5) is 12.3. The first kappa shape index (κ1) is 11.3. The van der Waals surface area contributed by atoms with E-state index in [4.69, 9.17) is 0 Å². The standard InChI is InChI=1S/C16H20NO/c18-15(14-3-1-2-4-14)17-16-8-11-5-12(9-16)7-13(6-11)10-16/h1-4,11-13H,5-10H2,(H,17,18). The van der Waals surface area contributed by atoms with Gasteiger partial charge in [-0.15, -0.1) is 0 Å². The van der Waals surface area contributed by atoms with E-state index < -0.39 is 0 Å². The molecule has 0 aliphatic heterocycles. The molecule has 18 heavy (non-hydrogen) atoms. The van der Waals surface area contributed by atoms with E-state index in [0.29, 0.717) is 0 Å². The highest BCUT2D eigenvalue weighted by molar-refractivity contribution is 5.96. The van der Waals surface area contributed by atoms with Gasteiger partial charge >= 0.3 is 0 Å². The molecule has 0 aromatic rings. The van der Waals surface area contributed by atoms with Crippen LogP contribution in [-0.4, -0.2) is 11.4 Å². The fourth-order valence-corrected chi connectivity index (χ4v) is 5.10. The average molecular weight is 242 g/mol. The number of hydrogen-bond acceptors (Lipinski definition) is 1. The second-order valence-corrected chi connectivity index (χ2v) is 6.83. The van der Waals surface area contributed by atoms with E-state index in [-0.39, 0.29) is 11.4 Å². The zero-order valence-corrected chi connectivity index (χ0v) is 10.7. The van der Waals surface area contributed by atoms with Gasteiger partial charge in [-0.2, -0.15) is 0 Å². The molecule has 0 saturated heterocycles. The van der Waals surface area contributed by atoms with Crippen LogP contribution in [0.2, 0.25) is 0 Å². The van der Waals surface area contributed by atoms with Crippen molar-refractivity contribution in [1.29, 1.82) is 0 Å². The van der Waals surface area contributed by atoms with Gasteiger partial charge in [0.15, 0.2) is 0 Å². The summed E-state index contributed by atoms with van der Waals surface area (Å²) in [7, 11) is 0. The van der Waals surface area contributed by atoms with Crippen LogP contribution >= 0.6 is 0 Å². The Morgan fingerprint density at radius 3 is 2.00 bits per heavy atom. The predicted octanol–water partition coefficient (Wildman–Crippen LogP) is 2.48. The Bertz CT molecular complexity index is 321. The van der Waals surface area contributed by atoms with Crippen LogP contribution in [0.15, 0.2) is 0 Å². The summed E-state index contributed by atoms with van der Waals surface area (Å²) in [5, 5.41) is 3.39. The van der Waals surface area contributed by atoms with Crippen molar-refractivity contribution in [3.63, 3.8) is 0 Å². The second-order valence-electron chi connectivity index (χ2n) is 6.83. The van der Waals surface area contributed by atoms with Gasteiger partial charge in [0.2, 0.25) is 5.91 Å². The van der Waals surface area contributed by atoms with E-state index in [2.05, 4.69) is 5.32 Å². The van der Waals surface area contributed by atoms with Gasteiger partial charge in [0.05, 0.1) is 5.92 Å². The Morgan fingerprint density at radius 1 is 1.00 bits per heavy atom. The molecule has 5 aliphatic carbocycles. The quantitative estimate of drug-likeness (QED) is 0.792. The molecule has 5 aliphatic rings. The molecule has 95 valence electrons. The molecule has 0 atom stereocenters. The Morgan fingerprint density at radius 2 is 1.50 bits per heavy atom. The number of carbonyl (C=O) groups is 1.